The molecule has 0 bridgehead atoms. The molecule has 2 aliphatic rings. The summed E-state index contributed by atoms with van der Waals surface area (Å²) in [6.45, 7) is 5.86. The quantitative estimate of drug-likeness (QED) is 0.759. The molecule has 2 fully saturated rings. The molecule has 0 aromatic heterocycles. The average molecular weight is 212 g/mol. The number of ether oxygens (including phenoxy) is 1. The molecule has 1 atom stereocenters. The van der Waals surface area contributed by atoms with Crippen LogP contribution in [-0.4, -0.2) is 49.8 Å². The van der Waals surface area contributed by atoms with Crippen LogP contribution in [0.2, 0.25) is 0 Å². The number of likely N-dealkylation sites (N-methyl/N-ethyl adjacent to an activating group) is 1. The third kappa shape index (κ3) is 2.52. The van der Waals surface area contributed by atoms with Gasteiger partial charge in [0.1, 0.15) is 0 Å². The van der Waals surface area contributed by atoms with E-state index in [1.807, 2.05) is 7.11 Å². The predicted molar refractivity (Wildman–Crippen MR) is 62.1 cm³/mol. The van der Waals surface area contributed by atoms with Crippen molar-refractivity contribution >= 4 is 0 Å². The summed E-state index contributed by atoms with van der Waals surface area (Å²) >= 11 is 0. The number of piperidine rings is 1. The molecule has 88 valence electrons. The highest BCUT2D eigenvalue weighted by Crippen LogP contribution is 2.30. The molecule has 1 heterocycles. The molecule has 3 nitrogen and oxygen atoms in total. The van der Waals surface area contributed by atoms with Gasteiger partial charge in [-0.25, -0.2) is 0 Å². The zero-order chi connectivity index (χ0) is 10.7. The van der Waals surface area contributed by atoms with Gasteiger partial charge in [0.2, 0.25) is 0 Å². The van der Waals surface area contributed by atoms with Gasteiger partial charge in [-0.3, -0.25) is 4.90 Å². The number of rotatable bonds is 4. The van der Waals surface area contributed by atoms with E-state index in [1.165, 1.54) is 45.3 Å². The Hall–Kier alpha value is -0.120. The number of nitrogens with one attached hydrogen (secondary N) is 1. The minimum absolute atomic E-state index is 0.528. The first kappa shape index (κ1) is 11.4. The van der Waals surface area contributed by atoms with E-state index >= 15 is 0 Å². The van der Waals surface area contributed by atoms with E-state index in [0.717, 1.165) is 12.1 Å². The van der Waals surface area contributed by atoms with E-state index in [4.69, 9.17) is 4.74 Å². The molecule has 0 aromatic carbocycles. The summed E-state index contributed by atoms with van der Waals surface area (Å²) in [6, 6.07) is 1.55. The molecule has 1 unspecified atom stereocenters. The molecular formula is C12H24N2O. The van der Waals surface area contributed by atoms with Gasteiger partial charge in [-0.2, -0.15) is 0 Å². The largest absolute Gasteiger partial charge is 0.381 e. The molecule has 0 amide bonds. The van der Waals surface area contributed by atoms with Gasteiger partial charge < -0.3 is 10.1 Å². The van der Waals surface area contributed by atoms with Gasteiger partial charge in [0.25, 0.3) is 0 Å². The molecule has 1 saturated heterocycles. The van der Waals surface area contributed by atoms with Crippen LogP contribution in [0.5, 0.6) is 0 Å². The zero-order valence-corrected chi connectivity index (χ0v) is 10.0. The third-order valence-corrected chi connectivity index (χ3v) is 3.98. The first-order valence-corrected chi connectivity index (χ1v) is 6.34. The number of hydrogen-bond acceptors (Lipinski definition) is 3. The van der Waals surface area contributed by atoms with E-state index in [2.05, 4.69) is 17.1 Å². The van der Waals surface area contributed by atoms with Crippen LogP contribution in [0.25, 0.3) is 0 Å². The second kappa shape index (κ2) is 5.28. The van der Waals surface area contributed by atoms with Gasteiger partial charge >= 0.3 is 0 Å². The molecule has 0 spiro atoms. The Bertz CT molecular complexity index is 186. The highest BCUT2D eigenvalue weighted by atomic mass is 16.5. The summed E-state index contributed by atoms with van der Waals surface area (Å²) in [7, 11) is 1.83. The van der Waals surface area contributed by atoms with E-state index < -0.39 is 0 Å². The lowest BCUT2D eigenvalue weighted by Gasteiger charge is -2.46. The molecule has 3 heteroatoms. The Balaban J connectivity index is 1.81. The van der Waals surface area contributed by atoms with E-state index in [9.17, 15) is 0 Å². The van der Waals surface area contributed by atoms with Gasteiger partial charge in [0.15, 0.2) is 0 Å². The lowest BCUT2D eigenvalue weighted by molar-refractivity contribution is -0.0420. The highest BCUT2D eigenvalue weighted by Gasteiger charge is 2.36. The van der Waals surface area contributed by atoms with Crippen LogP contribution in [0.3, 0.4) is 0 Å². The second-order valence-electron chi connectivity index (χ2n) is 4.81. The molecule has 1 aliphatic carbocycles. The van der Waals surface area contributed by atoms with Crippen LogP contribution >= 0.6 is 0 Å². The molecule has 1 aliphatic heterocycles. The van der Waals surface area contributed by atoms with E-state index in [-0.39, 0.29) is 0 Å². The van der Waals surface area contributed by atoms with Crippen molar-refractivity contribution in [1.29, 1.82) is 0 Å². The summed E-state index contributed by atoms with van der Waals surface area (Å²) in [4.78, 5) is 2.68. The van der Waals surface area contributed by atoms with Crippen molar-refractivity contribution < 1.29 is 4.74 Å². The number of hydrogen-bond donors (Lipinski definition) is 1. The Labute approximate surface area is 93.2 Å². The molecule has 0 aromatic rings. The predicted octanol–water partition coefficient (Wildman–Crippen LogP) is 1.24. The summed E-state index contributed by atoms with van der Waals surface area (Å²) < 4.78 is 5.36. The van der Waals surface area contributed by atoms with Gasteiger partial charge in [-0.05, 0) is 38.8 Å². The van der Waals surface area contributed by atoms with Crippen molar-refractivity contribution in [2.24, 2.45) is 0 Å². The maximum absolute atomic E-state index is 5.36. The van der Waals surface area contributed by atoms with Gasteiger partial charge in [-0.15, -0.1) is 0 Å². The third-order valence-electron chi connectivity index (χ3n) is 3.98. The topological polar surface area (TPSA) is 24.5 Å². The summed E-state index contributed by atoms with van der Waals surface area (Å²) in [5.41, 5.74) is 0. The van der Waals surface area contributed by atoms with Crippen molar-refractivity contribution in [2.45, 2.75) is 50.8 Å². The molecule has 15 heavy (non-hydrogen) atoms. The smallest absolute Gasteiger partial charge is 0.0601 e. The highest BCUT2D eigenvalue weighted by molar-refractivity contribution is 4.92. The van der Waals surface area contributed by atoms with Crippen LogP contribution in [0.1, 0.15) is 32.6 Å². The summed E-state index contributed by atoms with van der Waals surface area (Å²) in [6.07, 6.45) is 5.71. The maximum atomic E-state index is 5.36. The standard InChI is InChI=1S/C12H24N2O/c1-3-14(10-5-4-6-13-9-10)11-7-12(8-11)15-2/h10-13H,3-9H2,1-2H3. The van der Waals surface area contributed by atoms with Crippen molar-refractivity contribution in [3.05, 3.63) is 0 Å². The monoisotopic (exact) mass is 212 g/mol. The molecule has 2 rings (SSSR count). The maximum Gasteiger partial charge on any atom is 0.0601 e. The summed E-state index contributed by atoms with van der Waals surface area (Å²) in [5.74, 6) is 0. The van der Waals surface area contributed by atoms with Crippen molar-refractivity contribution in [1.82, 2.24) is 10.2 Å². The normalized spacial score (nSPS) is 36.6. The molecule has 0 radical (unpaired) electrons. The molecular weight excluding hydrogens is 188 g/mol. The van der Waals surface area contributed by atoms with Crippen LogP contribution in [0.4, 0.5) is 0 Å². The molecule has 1 saturated carbocycles. The minimum atomic E-state index is 0.528. The minimum Gasteiger partial charge on any atom is -0.381 e. The fourth-order valence-corrected chi connectivity index (χ4v) is 2.93. The summed E-state index contributed by atoms with van der Waals surface area (Å²) in [5, 5.41) is 3.50. The van der Waals surface area contributed by atoms with Gasteiger partial charge in [0.05, 0.1) is 6.10 Å². The SMILES string of the molecule is CCN(C1CCCNC1)C1CC(OC)C1. The fourth-order valence-electron chi connectivity index (χ4n) is 2.93. The zero-order valence-electron chi connectivity index (χ0n) is 10.0. The Kier molecular flexibility index (Phi) is 4.00. The Morgan fingerprint density at radius 2 is 2.13 bits per heavy atom. The van der Waals surface area contributed by atoms with E-state index in [1.54, 1.807) is 0 Å². The first-order valence-electron chi connectivity index (χ1n) is 6.34. The number of methoxy groups -OCH3 is 1. The van der Waals surface area contributed by atoms with Crippen LogP contribution in [0.15, 0.2) is 0 Å². The van der Waals surface area contributed by atoms with Crippen molar-refractivity contribution in [2.75, 3.05) is 26.7 Å². The number of nitrogens with zero attached hydrogens (tertiary/aromatic N) is 1. The van der Waals surface area contributed by atoms with Gasteiger partial charge in [-0.1, -0.05) is 6.92 Å². The van der Waals surface area contributed by atoms with Crippen LogP contribution < -0.4 is 5.32 Å². The fraction of sp³-hybridized carbons (Fsp3) is 1.00. The average Bonchev–Trinajstić information content (AvgIpc) is 2.24. The Morgan fingerprint density at radius 1 is 1.33 bits per heavy atom. The van der Waals surface area contributed by atoms with Crippen molar-refractivity contribution in [3.8, 4) is 0 Å². The van der Waals surface area contributed by atoms with E-state index in [0.29, 0.717) is 6.10 Å². The lowest BCUT2D eigenvalue weighted by atomic mass is 9.86. The molecule has 1 N–H and O–H groups in total. The van der Waals surface area contributed by atoms with Crippen molar-refractivity contribution in [3.63, 3.8) is 0 Å². The Morgan fingerprint density at radius 3 is 2.67 bits per heavy atom. The van der Waals surface area contributed by atoms with Crippen LogP contribution in [0, 0.1) is 0 Å². The van der Waals surface area contributed by atoms with Gasteiger partial charge in [0, 0.05) is 25.7 Å². The lowest BCUT2D eigenvalue weighted by Crippen LogP contribution is -2.55. The first-order chi connectivity index (χ1) is 7.35. The van der Waals surface area contributed by atoms with Crippen LogP contribution in [-0.2, 0) is 4.74 Å². The second-order valence-corrected chi connectivity index (χ2v) is 4.81.